The number of nitrogens with zero attached hydrogens (tertiary/aromatic N) is 2. The summed E-state index contributed by atoms with van der Waals surface area (Å²) in [4.78, 5) is 53.7. The molecular formula is C38H61N3O13. The lowest BCUT2D eigenvalue weighted by molar-refractivity contribution is -0.384. The summed E-state index contributed by atoms with van der Waals surface area (Å²) in [6.45, 7) is 13.0. The van der Waals surface area contributed by atoms with Gasteiger partial charge in [-0.25, -0.2) is 0 Å². The maximum absolute atomic E-state index is 14.1. The maximum Gasteiger partial charge on any atom is 0.312 e. The molecule has 306 valence electrons. The molecule has 4 N–H and O–H groups in total. The van der Waals surface area contributed by atoms with Gasteiger partial charge >= 0.3 is 11.9 Å². The van der Waals surface area contributed by atoms with Crippen molar-refractivity contribution in [2.45, 2.75) is 147 Å². The zero-order valence-corrected chi connectivity index (χ0v) is 33.4. The number of nitrogens with one attached hydrogen (secondary N) is 1. The number of esters is 2. The molecular weight excluding hydrogens is 706 g/mol. The van der Waals surface area contributed by atoms with Crippen LogP contribution in [0.5, 0.6) is 0 Å². The summed E-state index contributed by atoms with van der Waals surface area (Å²) in [5.41, 5.74) is -3.08. The topological polar surface area (TPSA) is 216 Å². The molecule has 3 rings (SSSR count). The van der Waals surface area contributed by atoms with Crippen molar-refractivity contribution in [2.75, 3.05) is 21.2 Å². The molecule has 1 aromatic rings. The van der Waals surface area contributed by atoms with Crippen LogP contribution in [0.2, 0.25) is 0 Å². The summed E-state index contributed by atoms with van der Waals surface area (Å²) in [6.07, 6.45) is -7.43. The van der Waals surface area contributed by atoms with Gasteiger partial charge in [0.25, 0.3) is 5.69 Å². The van der Waals surface area contributed by atoms with Gasteiger partial charge in [-0.2, -0.15) is 0 Å². The number of cyclic esters (lactones) is 1. The summed E-state index contributed by atoms with van der Waals surface area (Å²) in [5.74, 6) is -5.38. The van der Waals surface area contributed by atoms with Crippen molar-refractivity contribution in [1.29, 1.82) is 0 Å². The fraction of sp³-hybridized carbons (Fsp3) is 0.763. The van der Waals surface area contributed by atoms with Crippen LogP contribution in [0.3, 0.4) is 0 Å². The SMILES string of the molecule is CC[C@H]1OC(=O)[C@H](C)[C@@H](OC(=O)Cc2ccc([N+](=O)[O-])cc2)[C@H](C)[C@@H](O[C@@H]2O[C@H](C)C[C@H](N(C)C)[C@H]2O)[C@](C)(OC)C[C@@H](C)NC(=O)[C@H](C)[C@@H](O)[C@]1(C)O. The van der Waals surface area contributed by atoms with Gasteiger partial charge in [-0.15, -0.1) is 0 Å². The van der Waals surface area contributed by atoms with E-state index in [0.29, 0.717) is 12.0 Å². The molecule has 14 atom stereocenters. The number of likely N-dealkylation sites (N-methyl/N-ethyl adjacent to an activating group) is 1. The number of ether oxygens (including phenoxy) is 5. The van der Waals surface area contributed by atoms with Gasteiger partial charge in [0.1, 0.15) is 23.9 Å². The molecule has 54 heavy (non-hydrogen) atoms. The number of nitro groups is 1. The average molecular weight is 768 g/mol. The molecule has 16 nitrogen and oxygen atoms in total. The molecule has 0 aromatic heterocycles. The van der Waals surface area contributed by atoms with Crippen LogP contribution in [0.25, 0.3) is 0 Å². The van der Waals surface area contributed by atoms with Crippen LogP contribution in [0.4, 0.5) is 5.69 Å². The Morgan fingerprint density at radius 1 is 1.07 bits per heavy atom. The molecule has 0 bridgehead atoms. The van der Waals surface area contributed by atoms with Crippen molar-refractivity contribution in [1.82, 2.24) is 10.2 Å². The molecule has 2 fully saturated rings. The predicted molar refractivity (Wildman–Crippen MR) is 196 cm³/mol. The van der Waals surface area contributed by atoms with Gasteiger partial charge in [-0.05, 0) is 73.5 Å². The van der Waals surface area contributed by atoms with E-state index in [9.17, 15) is 39.8 Å². The summed E-state index contributed by atoms with van der Waals surface area (Å²) < 4.78 is 31.0. The third-order valence-corrected chi connectivity index (χ3v) is 11.1. The van der Waals surface area contributed by atoms with E-state index in [-0.39, 0.29) is 37.1 Å². The summed E-state index contributed by atoms with van der Waals surface area (Å²) >= 11 is 0. The number of carbonyl (C=O) groups excluding carboxylic acids is 3. The fourth-order valence-corrected chi connectivity index (χ4v) is 7.74. The Balaban J connectivity index is 2.17. The van der Waals surface area contributed by atoms with Crippen LogP contribution in [-0.4, -0.2) is 130 Å². The first-order valence-corrected chi connectivity index (χ1v) is 18.6. The molecule has 0 spiro atoms. The number of hydrogen-bond acceptors (Lipinski definition) is 14. The van der Waals surface area contributed by atoms with Crippen molar-refractivity contribution in [2.24, 2.45) is 17.8 Å². The second-order valence-electron chi connectivity index (χ2n) is 15.8. The molecule has 0 aliphatic carbocycles. The molecule has 1 aromatic carbocycles. The quantitative estimate of drug-likeness (QED) is 0.161. The van der Waals surface area contributed by atoms with Crippen LogP contribution in [0.15, 0.2) is 24.3 Å². The zero-order chi connectivity index (χ0) is 40.9. The van der Waals surface area contributed by atoms with Gasteiger partial charge in [0.05, 0.1) is 47.1 Å². The third kappa shape index (κ3) is 10.5. The highest BCUT2D eigenvalue weighted by molar-refractivity contribution is 5.79. The van der Waals surface area contributed by atoms with E-state index in [2.05, 4.69) is 5.32 Å². The van der Waals surface area contributed by atoms with Crippen LogP contribution >= 0.6 is 0 Å². The van der Waals surface area contributed by atoms with Crippen LogP contribution in [0.1, 0.15) is 80.2 Å². The summed E-state index contributed by atoms with van der Waals surface area (Å²) in [7, 11) is 5.13. The number of aliphatic hydroxyl groups excluding tert-OH is 2. The number of hydrogen-bond donors (Lipinski definition) is 4. The van der Waals surface area contributed by atoms with Crippen molar-refractivity contribution in [3.05, 3.63) is 39.9 Å². The highest BCUT2D eigenvalue weighted by atomic mass is 16.7. The van der Waals surface area contributed by atoms with Gasteiger partial charge in [0.2, 0.25) is 5.91 Å². The smallest absolute Gasteiger partial charge is 0.312 e. The molecule has 16 heteroatoms. The van der Waals surface area contributed by atoms with Gasteiger partial charge in [0, 0.05) is 37.2 Å². The third-order valence-electron chi connectivity index (χ3n) is 11.1. The number of non-ortho nitro benzene ring substituents is 1. The maximum atomic E-state index is 14.1. The van der Waals surface area contributed by atoms with Crippen LogP contribution in [0, 0.1) is 27.9 Å². The first-order chi connectivity index (χ1) is 25.1. The molecule has 2 heterocycles. The van der Waals surface area contributed by atoms with E-state index in [0.717, 1.165) is 0 Å². The monoisotopic (exact) mass is 767 g/mol. The number of methoxy groups -OCH3 is 1. The number of benzene rings is 1. The highest BCUT2D eigenvalue weighted by Crippen LogP contribution is 2.38. The second kappa shape index (κ2) is 18.6. The van der Waals surface area contributed by atoms with E-state index in [1.54, 1.807) is 27.7 Å². The lowest BCUT2D eigenvalue weighted by atomic mass is 9.78. The lowest BCUT2D eigenvalue weighted by Gasteiger charge is -2.48. The number of carbonyl (C=O) groups is 3. The predicted octanol–water partition coefficient (Wildman–Crippen LogP) is 2.52. The van der Waals surface area contributed by atoms with E-state index in [1.165, 1.54) is 52.1 Å². The normalized spacial score (nSPS) is 38.8. The second-order valence-corrected chi connectivity index (χ2v) is 15.8. The van der Waals surface area contributed by atoms with Crippen LogP contribution < -0.4 is 5.32 Å². The Hall–Kier alpha value is -3.25. The zero-order valence-electron chi connectivity index (χ0n) is 33.4. The number of rotatable bonds is 9. The fourth-order valence-electron chi connectivity index (χ4n) is 7.74. The minimum atomic E-state index is -2.06. The van der Waals surface area contributed by atoms with Crippen LogP contribution in [-0.2, 0) is 44.5 Å². The van der Waals surface area contributed by atoms with Crippen molar-refractivity contribution < 1.29 is 58.3 Å². The minimum absolute atomic E-state index is 0.0724. The molecule has 2 aliphatic rings. The van der Waals surface area contributed by atoms with Crippen molar-refractivity contribution in [3.63, 3.8) is 0 Å². The molecule has 0 radical (unpaired) electrons. The number of amides is 1. The highest BCUT2D eigenvalue weighted by Gasteiger charge is 2.52. The Kier molecular flexibility index (Phi) is 15.5. The van der Waals surface area contributed by atoms with E-state index < -0.39 is 94.6 Å². The first kappa shape index (κ1) is 45.1. The van der Waals surface area contributed by atoms with Gasteiger partial charge in [0.15, 0.2) is 6.29 Å². The number of aliphatic hydroxyl groups is 3. The largest absolute Gasteiger partial charge is 0.461 e. The van der Waals surface area contributed by atoms with E-state index in [4.69, 9.17) is 23.7 Å². The molecule has 2 saturated heterocycles. The van der Waals surface area contributed by atoms with Gasteiger partial charge in [-0.3, -0.25) is 24.5 Å². The Labute approximate surface area is 317 Å². The Morgan fingerprint density at radius 3 is 2.22 bits per heavy atom. The number of nitro benzene ring substituents is 1. The average Bonchev–Trinajstić information content (AvgIpc) is 3.10. The molecule has 0 unspecified atom stereocenters. The Bertz CT molecular complexity index is 1440. The Morgan fingerprint density at radius 2 is 1.69 bits per heavy atom. The lowest BCUT2D eigenvalue weighted by Crippen LogP contribution is -2.60. The van der Waals surface area contributed by atoms with E-state index >= 15 is 0 Å². The minimum Gasteiger partial charge on any atom is -0.461 e. The van der Waals surface area contributed by atoms with Gasteiger partial charge in [-0.1, -0.05) is 32.9 Å². The molecule has 2 aliphatic heterocycles. The van der Waals surface area contributed by atoms with Gasteiger partial charge < -0.3 is 49.2 Å². The van der Waals surface area contributed by atoms with Crippen molar-refractivity contribution in [3.8, 4) is 0 Å². The standard InChI is InChI=1S/C38H61N3O13/c1-12-28-38(8,47)32(44)24(6)34(45)39-20(2)19-37(7,50-11)33(54-36-30(43)27(40(9)10)17-21(3)51-36)22(4)31(23(5)35(46)52-28)53-29(42)18-25-13-15-26(16-14-25)41(48)49/h13-16,20-24,27-28,30-33,36,43-44,47H,12,17-19H2,1-11H3,(H,39,45)/t20-,21-,22+,23-,24-,27+,28-,30-,31+,32-,33-,36+,37-,38-/m1/s1. The summed E-state index contributed by atoms with van der Waals surface area (Å²) in [6, 6.07) is 4.48. The van der Waals surface area contributed by atoms with E-state index in [1.807, 2.05) is 25.9 Å². The molecule has 1 amide bonds. The summed E-state index contributed by atoms with van der Waals surface area (Å²) in [5, 5.41) is 48.4. The van der Waals surface area contributed by atoms with Crippen molar-refractivity contribution >= 4 is 23.5 Å². The molecule has 0 saturated carbocycles. The first-order valence-electron chi connectivity index (χ1n) is 18.6.